The minimum Gasteiger partial charge on any atom is -0.339 e. The summed E-state index contributed by atoms with van der Waals surface area (Å²) >= 11 is 1.47. The van der Waals surface area contributed by atoms with Crippen molar-refractivity contribution in [2.45, 2.75) is 69.2 Å². The molecule has 1 aliphatic heterocycles. The molecule has 0 aliphatic carbocycles. The molecular formula is C25H34N2O3S2. The maximum atomic E-state index is 13.3. The van der Waals surface area contributed by atoms with Gasteiger partial charge >= 0.3 is 0 Å². The summed E-state index contributed by atoms with van der Waals surface area (Å²) in [7, 11) is -3.80. The molecule has 1 atom stereocenters. The summed E-state index contributed by atoms with van der Waals surface area (Å²) in [4.78, 5) is 16.1. The molecule has 1 heterocycles. The summed E-state index contributed by atoms with van der Waals surface area (Å²) < 4.78 is 29.3. The van der Waals surface area contributed by atoms with E-state index >= 15 is 0 Å². The van der Waals surface area contributed by atoms with Crippen molar-refractivity contribution in [3.63, 3.8) is 0 Å². The minimum absolute atomic E-state index is 0.0775. The van der Waals surface area contributed by atoms with E-state index in [1.807, 2.05) is 38.0 Å². The van der Waals surface area contributed by atoms with Gasteiger partial charge in [-0.05, 0) is 87.2 Å². The van der Waals surface area contributed by atoms with Crippen LogP contribution in [0.2, 0.25) is 0 Å². The summed E-state index contributed by atoms with van der Waals surface area (Å²) in [6.45, 7) is 9.39. The summed E-state index contributed by atoms with van der Waals surface area (Å²) in [6.07, 6.45) is 6.16. The van der Waals surface area contributed by atoms with Gasteiger partial charge in [0.15, 0.2) is 0 Å². The second-order valence-electron chi connectivity index (χ2n) is 8.70. The fourth-order valence-corrected chi connectivity index (χ4v) is 6.10. The SMILES string of the molecule is CSc1ccc(S(=O)(=O)N[C@@H](C)c2cc(C)c(C)cc2C)cc1C(=O)N1CCCCCC1. The molecule has 1 fully saturated rings. The lowest BCUT2D eigenvalue weighted by atomic mass is 9.97. The second-order valence-corrected chi connectivity index (χ2v) is 11.3. The first-order chi connectivity index (χ1) is 15.1. The Morgan fingerprint density at radius 2 is 1.59 bits per heavy atom. The number of sulfonamides is 1. The lowest BCUT2D eigenvalue weighted by Gasteiger charge is -2.22. The first-order valence-electron chi connectivity index (χ1n) is 11.2. The number of amides is 1. The molecule has 0 saturated carbocycles. The Kier molecular flexibility index (Phi) is 8.06. The molecular weight excluding hydrogens is 440 g/mol. The third-order valence-electron chi connectivity index (χ3n) is 6.29. The predicted octanol–water partition coefficient (Wildman–Crippen LogP) is 5.39. The van der Waals surface area contributed by atoms with Gasteiger partial charge in [-0.1, -0.05) is 25.0 Å². The first-order valence-corrected chi connectivity index (χ1v) is 13.9. The van der Waals surface area contributed by atoms with E-state index in [-0.39, 0.29) is 16.8 Å². The minimum atomic E-state index is -3.80. The van der Waals surface area contributed by atoms with Gasteiger partial charge in [-0.15, -0.1) is 11.8 Å². The number of carbonyl (C=O) groups excluding carboxylic acids is 1. The van der Waals surface area contributed by atoms with E-state index in [1.54, 1.807) is 18.2 Å². The molecule has 7 heteroatoms. The van der Waals surface area contributed by atoms with Crippen molar-refractivity contribution in [1.29, 1.82) is 0 Å². The summed E-state index contributed by atoms with van der Waals surface area (Å²) in [5.41, 5.74) is 4.80. The van der Waals surface area contributed by atoms with Crippen LogP contribution in [0.15, 0.2) is 40.1 Å². The topological polar surface area (TPSA) is 66.5 Å². The van der Waals surface area contributed by atoms with E-state index < -0.39 is 10.0 Å². The predicted molar refractivity (Wildman–Crippen MR) is 132 cm³/mol. The number of hydrogen-bond donors (Lipinski definition) is 1. The summed E-state index contributed by atoms with van der Waals surface area (Å²) in [5.74, 6) is -0.0775. The molecule has 0 spiro atoms. The number of nitrogens with zero attached hydrogens (tertiary/aromatic N) is 1. The van der Waals surface area contributed by atoms with Gasteiger partial charge in [-0.2, -0.15) is 0 Å². The maximum absolute atomic E-state index is 13.3. The molecule has 3 rings (SSSR count). The molecule has 2 aromatic rings. The van der Waals surface area contributed by atoms with Crippen LogP contribution in [0.3, 0.4) is 0 Å². The van der Waals surface area contributed by atoms with Crippen molar-refractivity contribution >= 4 is 27.7 Å². The lowest BCUT2D eigenvalue weighted by Crippen LogP contribution is -2.32. The van der Waals surface area contributed by atoms with E-state index in [0.29, 0.717) is 5.56 Å². The van der Waals surface area contributed by atoms with Crippen LogP contribution in [-0.4, -0.2) is 38.6 Å². The van der Waals surface area contributed by atoms with Gasteiger partial charge in [0.25, 0.3) is 5.91 Å². The highest BCUT2D eigenvalue weighted by Crippen LogP contribution is 2.28. The third kappa shape index (κ3) is 5.56. The van der Waals surface area contributed by atoms with E-state index in [2.05, 4.69) is 17.7 Å². The van der Waals surface area contributed by atoms with E-state index in [0.717, 1.165) is 60.4 Å². The number of aryl methyl sites for hydroxylation is 3. The monoisotopic (exact) mass is 474 g/mol. The van der Waals surface area contributed by atoms with Gasteiger partial charge in [0.05, 0.1) is 10.5 Å². The molecule has 0 bridgehead atoms. The molecule has 32 heavy (non-hydrogen) atoms. The lowest BCUT2D eigenvalue weighted by molar-refractivity contribution is 0.0758. The van der Waals surface area contributed by atoms with Crippen LogP contribution in [0, 0.1) is 20.8 Å². The van der Waals surface area contributed by atoms with Gasteiger partial charge in [-0.25, -0.2) is 13.1 Å². The van der Waals surface area contributed by atoms with Crippen LogP contribution >= 0.6 is 11.8 Å². The zero-order chi connectivity index (χ0) is 23.5. The average Bonchev–Trinajstić information content (AvgIpc) is 3.04. The highest BCUT2D eigenvalue weighted by molar-refractivity contribution is 7.98. The molecule has 0 aromatic heterocycles. The molecule has 1 saturated heterocycles. The largest absolute Gasteiger partial charge is 0.339 e. The molecule has 5 nitrogen and oxygen atoms in total. The Balaban J connectivity index is 1.90. The number of nitrogens with one attached hydrogen (secondary N) is 1. The molecule has 1 N–H and O–H groups in total. The quantitative estimate of drug-likeness (QED) is 0.570. The Morgan fingerprint density at radius 3 is 2.22 bits per heavy atom. The van der Waals surface area contributed by atoms with Crippen molar-refractivity contribution < 1.29 is 13.2 Å². The first kappa shape index (κ1) is 24.8. The van der Waals surface area contributed by atoms with Crippen LogP contribution in [0.5, 0.6) is 0 Å². The Labute approximate surface area is 197 Å². The van der Waals surface area contributed by atoms with Crippen molar-refractivity contribution in [1.82, 2.24) is 9.62 Å². The van der Waals surface area contributed by atoms with Gasteiger partial charge in [0, 0.05) is 24.0 Å². The molecule has 1 amide bonds. The Hall–Kier alpha value is -1.83. The summed E-state index contributed by atoms with van der Waals surface area (Å²) in [5, 5.41) is 0. The van der Waals surface area contributed by atoms with E-state index in [1.165, 1.54) is 17.3 Å². The molecule has 0 unspecified atom stereocenters. The molecule has 1 aliphatic rings. The second kappa shape index (κ2) is 10.4. The van der Waals surface area contributed by atoms with Gasteiger partial charge in [0.2, 0.25) is 10.0 Å². The fraction of sp³-hybridized carbons (Fsp3) is 0.480. The van der Waals surface area contributed by atoms with Crippen LogP contribution in [0.25, 0.3) is 0 Å². The molecule has 2 aromatic carbocycles. The Morgan fingerprint density at radius 1 is 0.969 bits per heavy atom. The number of carbonyl (C=O) groups is 1. The van der Waals surface area contributed by atoms with E-state index in [4.69, 9.17) is 0 Å². The number of hydrogen-bond acceptors (Lipinski definition) is 4. The van der Waals surface area contributed by atoms with Crippen molar-refractivity contribution in [3.8, 4) is 0 Å². The highest BCUT2D eigenvalue weighted by Gasteiger charge is 2.25. The van der Waals surface area contributed by atoms with Crippen LogP contribution < -0.4 is 4.72 Å². The average molecular weight is 475 g/mol. The van der Waals surface area contributed by atoms with Crippen LogP contribution in [-0.2, 0) is 10.0 Å². The zero-order valence-electron chi connectivity index (χ0n) is 19.7. The van der Waals surface area contributed by atoms with Crippen LogP contribution in [0.1, 0.15) is 71.3 Å². The third-order valence-corrected chi connectivity index (χ3v) is 8.62. The van der Waals surface area contributed by atoms with Crippen LogP contribution in [0.4, 0.5) is 0 Å². The number of rotatable bonds is 6. The van der Waals surface area contributed by atoms with Gasteiger partial charge in [0.1, 0.15) is 0 Å². The number of thioether (sulfide) groups is 1. The Bertz CT molecular complexity index is 1090. The standard InChI is InChI=1S/C25H34N2O3S2/c1-17-14-19(3)22(15-18(17)2)20(4)26-32(29,30)21-10-11-24(31-5)23(16-21)25(28)27-12-8-6-7-9-13-27/h10-11,14-16,20,26H,6-9,12-13H2,1-5H3/t20-/m0/s1. The molecule has 0 radical (unpaired) electrons. The fourth-order valence-electron chi connectivity index (χ4n) is 4.28. The van der Waals surface area contributed by atoms with Crippen molar-refractivity contribution in [3.05, 3.63) is 58.1 Å². The number of benzene rings is 2. The highest BCUT2D eigenvalue weighted by atomic mass is 32.2. The summed E-state index contributed by atoms with van der Waals surface area (Å²) in [6, 6.07) is 8.62. The van der Waals surface area contributed by atoms with E-state index in [9.17, 15) is 13.2 Å². The van der Waals surface area contributed by atoms with Gasteiger partial charge in [-0.3, -0.25) is 4.79 Å². The van der Waals surface area contributed by atoms with Gasteiger partial charge < -0.3 is 4.90 Å². The number of likely N-dealkylation sites (tertiary alicyclic amines) is 1. The molecule has 174 valence electrons. The normalized spacial score (nSPS) is 16.0. The zero-order valence-corrected chi connectivity index (χ0v) is 21.3. The van der Waals surface area contributed by atoms with Crippen molar-refractivity contribution in [2.24, 2.45) is 0 Å². The van der Waals surface area contributed by atoms with Crippen molar-refractivity contribution in [2.75, 3.05) is 19.3 Å². The smallest absolute Gasteiger partial charge is 0.255 e. The maximum Gasteiger partial charge on any atom is 0.255 e.